The Morgan fingerprint density at radius 1 is 1.08 bits per heavy atom. The highest BCUT2D eigenvalue weighted by molar-refractivity contribution is 6.39. The van der Waals surface area contributed by atoms with Gasteiger partial charge in [-0.2, -0.15) is 0 Å². The van der Waals surface area contributed by atoms with E-state index in [4.69, 9.17) is 4.74 Å². The van der Waals surface area contributed by atoms with Crippen LogP contribution in [0.5, 0.6) is 5.75 Å². The fourth-order valence-corrected chi connectivity index (χ4v) is 2.69. The molecule has 6 nitrogen and oxygen atoms in total. The molecule has 1 saturated heterocycles. The van der Waals surface area contributed by atoms with Crippen molar-refractivity contribution in [2.75, 3.05) is 11.5 Å². The molecule has 0 atom stereocenters. The minimum absolute atomic E-state index is 0.111. The van der Waals surface area contributed by atoms with E-state index < -0.39 is 17.8 Å². The SMILES string of the molecule is CCOc1cccc(/C=C2\C(=O)NC(=O)N(c3cccc(C)c3)C2=O)c1. The smallest absolute Gasteiger partial charge is 0.335 e. The highest BCUT2D eigenvalue weighted by Crippen LogP contribution is 2.23. The molecule has 0 saturated carbocycles. The van der Waals surface area contributed by atoms with Crippen molar-refractivity contribution in [3.05, 3.63) is 65.2 Å². The van der Waals surface area contributed by atoms with Gasteiger partial charge in [-0.3, -0.25) is 14.9 Å². The second kappa shape index (κ2) is 7.23. The van der Waals surface area contributed by atoms with Gasteiger partial charge in [0.1, 0.15) is 11.3 Å². The van der Waals surface area contributed by atoms with Crippen LogP contribution in [0.1, 0.15) is 18.1 Å². The highest BCUT2D eigenvalue weighted by Gasteiger charge is 2.36. The monoisotopic (exact) mass is 350 g/mol. The Hall–Kier alpha value is -3.41. The Morgan fingerprint density at radius 3 is 2.58 bits per heavy atom. The zero-order chi connectivity index (χ0) is 18.7. The van der Waals surface area contributed by atoms with Crippen molar-refractivity contribution in [3.63, 3.8) is 0 Å². The number of hydrogen-bond acceptors (Lipinski definition) is 4. The number of rotatable bonds is 4. The molecule has 2 aromatic rings. The van der Waals surface area contributed by atoms with Crippen LogP contribution in [0.25, 0.3) is 6.08 Å². The standard InChI is InChI=1S/C20H18N2O4/c1-3-26-16-9-5-7-14(11-16)12-17-18(23)21-20(25)22(19(17)24)15-8-4-6-13(2)10-15/h4-12H,3H2,1-2H3,(H,21,23,25)/b17-12+. The predicted octanol–water partition coefficient (Wildman–Crippen LogP) is 3.06. The summed E-state index contributed by atoms with van der Waals surface area (Å²) >= 11 is 0. The number of urea groups is 1. The molecule has 2 aromatic carbocycles. The number of amides is 4. The molecule has 3 rings (SSSR count). The van der Waals surface area contributed by atoms with Crippen molar-refractivity contribution in [3.8, 4) is 5.75 Å². The molecule has 0 bridgehead atoms. The van der Waals surface area contributed by atoms with E-state index in [0.29, 0.717) is 23.6 Å². The minimum Gasteiger partial charge on any atom is -0.494 e. The molecule has 132 valence electrons. The van der Waals surface area contributed by atoms with Gasteiger partial charge in [0.05, 0.1) is 12.3 Å². The number of nitrogens with zero attached hydrogens (tertiary/aromatic N) is 1. The van der Waals surface area contributed by atoms with Gasteiger partial charge in [0, 0.05) is 0 Å². The molecule has 0 radical (unpaired) electrons. The van der Waals surface area contributed by atoms with Gasteiger partial charge < -0.3 is 4.74 Å². The van der Waals surface area contributed by atoms with Crippen molar-refractivity contribution in [2.45, 2.75) is 13.8 Å². The van der Waals surface area contributed by atoms with Crippen LogP contribution in [0.15, 0.2) is 54.1 Å². The summed E-state index contributed by atoms with van der Waals surface area (Å²) in [5.41, 5.74) is 1.83. The molecule has 4 amide bonds. The van der Waals surface area contributed by atoms with Crippen molar-refractivity contribution < 1.29 is 19.1 Å². The molecule has 1 aliphatic heterocycles. The molecule has 1 heterocycles. The summed E-state index contributed by atoms with van der Waals surface area (Å²) in [6.45, 7) is 4.24. The van der Waals surface area contributed by atoms with Gasteiger partial charge in [-0.1, -0.05) is 24.3 Å². The normalized spacial score (nSPS) is 16.0. The molecule has 6 heteroatoms. The molecule has 0 aromatic heterocycles. The summed E-state index contributed by atoms with van der Waals surface area (Å²) in [6.07, 6.45) is 1.45. The third-order valence-corrected chi connectivity index (χ3v) is 3.84. The van der Waals surface area contributed by atoms with E-state index in [-0.39, 0.29) is 5.57 Å². The van der Waals surface area contributed by atoms with Gasteiger partial charge in [-0.25, -0.2) is 9.69 Å². The number of barbiturate groups is 1. The van der Waals surface area contributed by atoms with Crippen LogP contribution >= 0.6 is 0 Å². The van der Waals surface area contributed by atoms with Gasteiger partial charge >= 0.3 is 6.03 Å². The lowest BCUT2D eigenvalue weighted by molar-refractivity contribution is -0.122. The van der Waals surface area contributed by atoms with Crippen molar-refractivity contribution in [2.24, 2.45) is 0 Å². The summed E-state index contributed by atoms with van der Waals surface area (Å²) in [5, 5.41) is 2.22. The maximum absolute atomic E-state index is 12.8. The van der Waals surface area contributed by atoms with Gasteiger partial charge in [0.2, 0.25) is 0 Å². The maximum Gasteiger partial charge on any atom is 0.335 e. The second-order valence-corrected chi connectivity index (χ2v) is 5.80. The van der Waals surface area contributed by atoms with E-state index in [0.717, 1.165) is 10.5 Å². The first-order valence-electron chi connectivity index (χ1n) is 8.20. The number of benzene rings is 2. The highest BCUT2D eigenvalue weighted by atomic mass is 16.5. The van der Waals surface area contributed by atoms with Crippen molar-refractivity contribution >= 4 is 29.6 Å². The average molecular weight is 350 g/mol. The average Bonchev–Trinajstić information content (AvgIpc) is 2.59. The molecule has 0 spiro atoms. The van der Waals surface area contributed by atoms with E-state index >= 15 is 0 Å². The topological polar surface area (TPSA) is 75.7 Å². The van der Waals surface area contributed by atoms with E-state index in [1.807, 2.05) is 19.9 Å². The third-order valence-electron chi connectivity index (χ3n) is 3.84. The Balaban J connectivity index is 1.99. The number of hydrogen-bond donors (Lipinski definition) is 1. The molecule has 1 fully saturated rings. The quantitative estimate of drug-likeness (QED) is 0.679. The Kier molecular flexibility index (Phi) is 4.84. The van der Waals surface area contributed by atoms with Gasteiger partial charge in [0.15, 0.2) is 0 Å². The summed E-state index contributed by atoms with van der Waals surface area (Å²) in [4.78, 5) is 38.2. The third kappa shape index (κ3) is 3.49. The van der Waals surface area contributed by atoms with Crippen LogP contribution in [0, 0.1) is 6.92 Å². The first kappa shape index (κ1) is 17.4. The van der Waals surface area contributed by atoms with Crippen molar-refractivity contribution in [1.29, 1.82) is 0 Å². The number of nitrogens with one attached hydrogen (secondary N) is 1. The van der Waals surface area contributed by atoms with Crippen LogP contribution in [0.2, 0.25) is 0 Å². The number of aryl methyl sites for hydroxylation is 1. The summed E-state index contributed by atoms with van der Waals surface area (Å²) in [6, 6.07) is 13.2. The number of imide groups is 2. The van der Waals surface area contributed by atoms with E-state index in [9.17, 15) is 14.4 Å². The van der Waals surface area contributed by atoms with Gasteiger partial charge in [-0.15, -0.1) is 0 Å². The number of anilines is 1. The zero-order valence-corrected chi connectivity index (χ0v) is 14.5. The molecule has 26 heavy (non-hydrogen) atoms. The minimum atomic E-state index is -0.759. The van der Waals surface area contributed by atoms with E-state index in [2.05, 4.69) is 5.32 Å². The fraction of sp³-hybridized carbons (Fsp3) is 0.150. The molecule has 1 N–H and O–H groups in total. The lowest BCUT2D eigenvalue weighted by Crippen LogP contribution is -2.54. The maximum atomic E-state index is 12.8. The van der Waals surface area contributed by atoms with E-state index in [1.165, 1.54) is 6.08 Å². The molecular weight excluding hydrogens is 332 g/mol. The fourth-order valence-electron chi connectivity index (χ4n) is 2.69. The van der Waals surface area contributed by atoms with Crippen molar-refractivity contribution in [1.82, 2.24) is 5.32 Å². The van der Waals surface area contributed by atoms with Gasteiger partial charge in [-0.05, 0) is 55.3 Å². The largest absolute Gasteiger partial charge is 0.494 e. The summed E-state index contributed by atoms with van der Waals surface area (Å²) < 4.78 is 5.43. The summed E-state index contributed by atoms with van der Waals surface area (Å²) in [7, 11) is 0. The van der Waals surface area contributed by atoms with Gasteiger partial charge in [0.25, 0.3) is 11.8 Å². The zero-order valence-electron chi connectivity index (χ0n) is 14.5. The number of carbonyl (C=O) groups excluding carboxylic acids is 3. The molecular formula is C20H18N2O4. The summed E-state index contributed by atoms with van der Waals surface area (Å²) in [5.74, 6) is -0.742. The van der Waals surface area contributed by atoms with Crippen LogP contribution in [-0.2, 0) is 9.59 Å². The first-order valence-corrected chi connectivity index (χ1v) is 8.20. The number of carbonyl (C=O) groups is 3. The lowest BCUT2D eigenvalue weighted by Gasteiger charge is -2.26. The Bertz CT molecular complexity index is 918. The Labute approximate surface area is 151 Å². The molecule has 0 unspecified atom stereocenters. The van der Waals surface area contributed by atoms with Crippen LogP contribution in [0.4, 0.5) is 10.5 Å². The van der Waals surface area contributed by atoms with Crippen LogP contribution < -0.4 is 15.0 Å². The predicted molar refractivity (Wildman–Crippen MR) is 97.8 cm³/mol. The molecule has 1 aliphatic rings. The van der Waals surface area contributed by atoms with Crippen LogP contribution in [-0.4, -0.2) is 24.5 Å². The second-order valence-electron chi connectivity index (χ2n) is 5.80. The Morgan fingerprint density at radius 2 is 1.85 bits per heavy atom. The molecule has 0 aliphatic carbocycles. The lowest BCUT2D eigenvalue weighted by atomic mass is 10.1. The van der Waals surface area contributed by atoms with Crippen LogP contribution in [0.3, 0.4) is 0 Å². The van der Waals surface area contributed by atoms with E-state index in [1.54, 1.807) is 42.5 Å². The number of ether oxygens (including phenoxy) is 1. The first-order chi connectivity index (χ1) is 12.5.